The van der Waals surface area contributed by atoms with Crippen molar-refractivity contribution in [2.45, 2.75) is 52.0 Å². The summed E-state index contributed by atoms with van der Waals surface area (Å²) in [7, 11) is 0. The van der Waals surface area contributed by atoms with E-state index in [9.17, 15) is 0 Å². The first kappa shape index (κ1) is 13.5. The highest BCUT2D eigenvalue weighted by Crippen LogP contribution is 2.08. The van der Waals surface area contributed by atoms with Crippen LogP contribution in [0, 0.1) is 11.8 Å². The van der Waals surface area contributed by atoms with Gasteiger partial charge in [-0.1, -0.05) is 13.3 Å². The first-order chi connectivity index (χ1) is 7.86. The molecule has 1 heterocycles. The maximum absolute atomic E-state index is 3.58. The average molecular weight is 222 g/mol. The zero-order valence-electron chi connectivity index (χ0n) is 10.9. The quantitative estimate of drug-likeness (QED) is 0.665. The van der Waals surface area contributed by atoms with Crippen LogP contribution in [0.2, 0.25) is 0 Å². The van der Waals surface area contributed by atoms with Crippen LogP contribution >= 0.6 is 0 Å². The molecule has 1 rings (SSSR count). The van der Waals surface area contributed by atoms with Crippen LogP contribution in [-0.2, 0) is 0 Å². The molecule has 0 spiro atoms. The van der Waals surface area contributed by atoms with Crippen molar-refractivity contribution in [2.75, 3.05) is 26.2 Å². The molecule has 0 aromatic rings. The molecule has 1 aliphatic heterocycles. The minimum Gasteiger partial charge on any atom is -0.313 e. The Morgan fingerprint density at radius 2 is 2.25 bits per heavy atom. The lowest BCUT2D eigenvalue weighted by molar-refractivity contribution is 0.251. The van der Waals surface area contributed by atoms with Gasteiger partial charge in [-0.3, -0.25) is 0 Å². The summed E-state index contributed by atoms with van der Waals surface area (Å²) >= 11 is 0. The average Bonchev–Trinajstić information content (AvgIpc) is 2.78. The number of unbranched alkanes of at least 4 members (excludes halogenated alkanes) is 1. The second-order valence-corrected chi connectivity index (χ2v) is 4.62. The summed E-state index contributed by atoms with van der Waals surface area (Å²) in [6.07, 6.45) is 6.32. The maximum Gasteiger partial charge on any atom is 0.0216 e. The van der Waals surface area contributed by atoms with E-state index in [1.54, 1.807) is 0 Å². The van der Waals surface area contributed by atoms with Crippen molar-refractivity contribution in [1.82, 2.24) is 10.2 Å². The van der Waals surface area contributed by atoms with Gasteiger partial charge in [0.1, 0.15) is 0 Å². The highest BCUT2D eigenvalue weighted by molar-refractivity contribution is 4.95. The fourth-order valence-corrected chi connectivity index (χ4v) is 2.24. The molecule has 16 heavy (non-hydrogen) atoms. The molecule has 2 nitrogen and oxygen atoms in total. The van der Waals surface area contributed by atoms with Crippen molar-refractivity contribution in [3.63, 3.8) is 0 Å². The second-order valence-electron chi connectivity index (χ2n) is 4.62. The monoisotopic (exact) mass is 222 g/mol. The third kappa shape index (κ3) is 5.53. The number of rotatable bonds is 7. The minimum atomic E-state index is 0.728. The molecule has 1 unspecified atom stereocenters. The summed E-state index contributed by atoms with van der Waals surface area (Å²) in [6.45, 7) is 8.98. The van der Waals surface area contributed by atoms with E-state index in [-0.39, 0.29) is 0 Å². The molecule has 0 amide bonds. The molecule has 1 saturated heterocycles. The van der Waals surface area contributed by atoms with Crippen LogP contribution in [-0.4, -0.2) is 37.1 Å². The van der Waals surface area contributed by atoms with Gasteiger partial charge < -0.3 is 10.2 Å². The van der Waals surface area contributed by atoms with Crippen molar-refractivity contribution in [1.29, 1.82) is 0 Å². The third-order valence-electron chi connectivity index (χ3n) is 3.20. The van der Waals surface area contributed by atoms with E-state index < -0.39 is 0 Å². The summed E-state index contributed by atoms with van der Waals surface area (Å²) < 4.78 is 0. The predicted molar refractivity (Wildman–Crippen MR) is 70.4 cm³/mol. The van der Waals surface area contributed by atoms with Gasteiger partial charge in [0, 0.05) is 25.6 Å². The SMILES string of the molecule is CC#CCCN(CCCC)CC1CCCN1. The van der Waals surface area contributed by atoms with E-state index in [1.807, 2.05) is 6.92 Å². The normalized spacial score (nSPS) is 19.8. The van der Waals surface area contributed by atoms with Crippen molar-refractivity contribution < 1.29 is 0 Å². The molecule has 0 aromatic carbocycles. The molecule has 1 aliphatic rings. The number of hydrogen-bond donors (Lipinski definition) is 1. The van der Waals surface area contributed by atoms with Crippen LogP contribution in [0.5, 0.6) is 0 Å². The summed E-state index contributed by atoms with van der Waals surface area (Å²) in [5, 5.41) is 3.58. The van der Waals surface area contributed by atoms with E-state index in [0.717, 1.165) is 19.0 Å². The number of nitrogens with zero attached hydrogens (tertiary/aromatic N) is 1. The summed E-state index contributed by atoms with van der Waals surface area (Å²) in [6, 6.07) is 0.728. The zero-order chi connectivity index (χ0) is 11.6. The Balaban J connectivity index is 2.25. The van der Waals surface area contributed by atoms with Crippen LogP contribution in [0.3, 0.4) is 0 Å². The van der Waals surface area contributed by atoms with E-state index in [0.29, 0.717) is 0 Å². The van der Waals surface area contributed by atoms with Crippen LogP contribution in [0.4, 0.5) is 0 Å². The fourth-order valence-electron chi connectivity index (χ4n) is 2.24. The second kappa shape index (κ2) is 8.61. The molecule has 0 aliphatic carbocycles. The summed E-state index contributed by atoms with van der Waals surface area (Å²) in [4.78, 5) is 2.58. The molecule has 1 atom stereocenters. The van der Waals surface area contributed by atoms with Gasteiger partial charge in [0.25, 0.3) is 0 Å². The molecule has 2 heteroatoms. The van der Waals surface area contributed by atoms with Crippen molar-refractivity contribution in [3.05, 3.63) is 0 Å². The Labute approximate surface area is 101 Å². The Hall–Kier alpha value is -0.520. The lowest BCUT2D eigenvalue weighted by atomic mass is 10.2. The Morgan fingerprint density at radius 1 is 1.38 bits per heavy atom. The van der Waals surface area contributed by atoms with E-state index in [2.05, 4.69) is 29.0 Å². The molecule has 92 valence electrons. The van der Waals surface area contributed by atoms with Crippen molar-refractivity contribution in [2.24, 2.45) is 0 Å². The minimum absolute atomic E-state index is 0.728. The van der Waals surface area contributed by atoms with Crippen molar-refractivity contribution >= 4 is 0 Å². The molecular formula is C14H26N2. The Bertz CT molecular complexity index is 221. The van der Waals surface area contributed by atoms with E-state index in [4.69, 9.17) is 0 Å². The lowest BCUT2D eigenvalue weighted by Crippen LogP contribution is -2.38. The Morgan fingerprint density at radius 3 is 2.88 bits per heavy atom. The maximum atomic E-state index is 3.58. The van der Waals surface area contributed by atoms with Gasteiger partial charge in [0.05, 0.1) is 0 Å². The van der Waals surface area contributed by atoms with Gasteiger partial charge in [-0.25, -0.2) is 0 Å². The van der Waals surface area contributed by atoms with Crippen LogP contribution in [0.25, 0.3) is 0 Å². The highest BCUT2D eigenvalue weighted by Gasteiger charge is 2.16. The fraction of sp³-hybridized carbons (Fsp3) is 0.857. The van der Waals surface area contributed by atoms with Gasteiger partial charge >= 0.3 is 0 Å². The van der Waals surface area contributed by atoms with E-state index in [1.165, 1.54) is 45.3 Å². The largest absolute Gasteiger partial charge is 0.313 e. The van der Waals surface area contributed by atoms with Gasteiger partial charge in [-0.05, 0) is 39.3 Å². The van der Waals surface area contributed by atoms with Gasteiger partial charge in [-0.15, -0.1) is 11.8 Å². The number of nitrogens with one attached hydrogen (secondary N) is 1. The molecular weight excluding hydrogens is 196 g/mol. The molecule has 0 aromatic heterocycles. The smallest absolute Gasteiger partial charge is 0.0216 e. The van der Waals surface area contributed by atoms with E-state index >= 15 is 0 Å². The summed E-state index contributed by atoms with van der Waals surface area (Å²) in [5.74, 6) is 6.15. The van der Waals surface area contributed by atoms with Crippen molar-refractivity contribution in [3.8, 4) is 11.8 Å². The topological polar surface area (TPSA) is 15.3 Å². The lowest BCUT2D eigenvalue weighted by Gasteiger charge is -2.24. The third-order valence-corrected chi connectivity index (χ3v) is 3.20. The molecule has 1 N–H and O–H groups in total. The summed E-state index contributed by atoms with van der Waals surface area (Å²) in [5.41, 5.74) is 0. The molecule has 0 bridgehead atoms. The molecule has 0 saturated carbocycles. The predicted octanol–water partition coefficient (Wildman–Crippen LogP) is 2.25. The van der Waals surface area contributed by atoms with Crippen LogP contribution in [0.1, 0.15) is 46.0 Å². The molecule has 0 radical (unpaired) electrons. The van der Waals surface area contributed by atoms with Gasteiger partial charge in [0.2, 0.25) is 0 Å². The van der Waals surface area contributed by atoms with Gasteiger partial charge in [0.15, 0.2) is 0 Å². The zero-order valence-corrected chi connectivity index (χ0v) is 10.9. The van der Waals surface area contributed by atoms with Gasteiger partial charge in [-0.2, -0.15) is 0 Å². The first-order valence-electron chi connectivity index (χ1n) is 6.72. The Kier molecular flexibility index (Phi) is 7.29. The standard InChI is InChI=1S/C14H26N2/c1-3-5-7-12-16(11-6-4-2)13-14-9-8-10-15-14/h14-15H,4,6-13H2,1-2H3. The van der Waals surface area contributed by atoms with Crippen LogP contribution in [0.15, 0.2) is 0 Å². The highest BCUT2D eigenvalue weighted by atomic mass is 15.1. The van der Waals surface area contributed by atoms with Crippen LogP contribution < -0.4 is 5.32 Å². The molecule has 1 fully saturated rings. The first-order valence-corrected chi connectivity index (χ1v) is 6.72. The number of hydrogen-bond acceptors (Lipinski definition) is 2.